The molecule has 0 bridgehead atoms. The Kier molecular flexibility index (Phi) is 2.79. The Morgan fingerprint density at radius 2 is 2.12 bits per heavy atom. The van der Waals surface area contributed by atoms with Gasteiger partial charge in [0.15, 0.2) is 0 Å². The van der Waals surface area contributed by atoms with E-state index in [0.29, 0.717) is 13.2 Å². The Hall–Kier alpha value is -0.280. The highest BCUT2D eigenvalue weighted by Gasteiger charge is 2.20. The van der Waals surface area contributed by atoms with Crippen LogP contribution in [-0.2, 0) is 4.74 Å². The van der Waals surface area contributed by atoms with Crippen molar-refractivity contribution in [1.82, 2.24) is 0 Å². The van der Waals surface area contributed by atoms with Crippen molar-refractivity contribution in [1.29, 1.82) is 5.41 Å². The molecule has 0 aromatic heterocycles. The third-order valence-electron chi connectivity index (χ3n) is 1.08. The average molecular weight is 137 g/mol. The lowest BCUT2D eigenvalue weighted by molar-refractivity contribution is 0.00101. The predicted octanol–water partition coefficient (Wildman–Crippen LogP) is -0.00943. The number of hydrogen-bond acceptors (Lipinski definition) is 2. The van der Waals surface area contributed by atoms with Crippen LogP contribution in [-0.4, -0.2) is 19.0 Å². The van der Waals surface area contributed by atoms with Crippen LogP contribution in [0.5, 0.6) is 0 Å². The van der Waals surface area contributed by atoms with Crippen LogP contribution in [0.15, 0.2) is 0 Å². The minimum Gasteiger partial charge on any atom is -0.387 e. The standard InChI is InChI=1S/C4H8N2O.ClH/c5-4(6)3-1-7-2-3;/h3H,1-2H2,(H3,5,6);1H. The van der Waals surface area contributed by atoms with Gasteiger partial charge in [-0.2, -0.15) is 0 Å². The summed E-state index contributed by atoms with van der Waals surface area (Å²) in [6.07, 6.45) is 0. The van der Waals surface area contributed by atoms with Crippen molar-refractivity contribution in [3.05, 3.63) is 0 Å². The summed E-state index contributed by atoms with van der Waals surface area (Å²) in [5.41, 5.74) is 5.10. The number of amidine groups is 1. The van der Waals surface area contributed by atoms with Gasteiger partial charge in [0.05, 0.1) is 25.0 Å². The van der Waals surface area contributed by atoms with Crippen LogP contribution in [0.2, 0.25) is 0 Å². The maximum Gasteiger partial charge on any atom is 0.0983 e. The quantitative estimate of drug-likeness (QED) is 0.394. The summed E-state index contributed by atoms with van der Waals surface area (Å²) >= 11 is 0. The van der Waals surface area contributed by atoms with Crippen molar-refractivity contribution in [3.63, 3.8) is 0 Å². The molecule has 3 N–H and O–H groups in total. The molecule has 1 rings (SSSR count). The Morgan fingerprint density at radius 3 is 2.12 bits per heavy atom. The summed E-state index contributed by atoms with van der Waals surface area (Å²) < 4.78 is 4.78. The maximum absolute atomic E-state index is 6.85. The van der Waals surface area contributed by atoms with Crippen LogP contribution in [0.3, 0.4) is 0 Å². The molecule has 1 aliphatic rings. The van der Waals surface area contributed by atoms with E-state index in [1.165, 1.54) is 0 Å². The normalized spacial score (nSPS) is 18.5. The predicted molar refractivity (Wildman–Crippen MR) is 33.5 cm³/mol. The molecule has 1 aliphatic heterocycles. The summed E-state index contributed by atoms with van der Waals surface area (Å²) in [4.78, 5) is 0. The summed E-state index contributed by atoms with van der Waals surface area (Å²) in [5, 5.41) is 6.85. The van der Waals surface area contributed by atoms with Crippen molar-refractivity contribution < 1.29 is 4.74 Å². The highest BCUT2D eigenvalue weighted by Crippen LogP contribution is 2.07. The monoisotopic (exact) mass is 136 g/mol. The zero-order valence-electron chi connectivity index (χ0n) is 4.39. The van der Waals surface area contributed by atoms with Crippen molar-refractivity contribution >= 4 is 18.2 Å². The third kappa shape index (κ3) is 1.35. The Bertz CT molecular complexity index is 92.0. The summed E-state index contributed by atoms with van der Waals surface area (Å²) in [7, 11) is 0. The molecular formula is C4H9ClN2O. The van der Waals surface area contributed by atoms with Gasteiger partial charge in [0.2, 0.25) is 0 Å². The molecule has 0 aromatic carbocycles. The summed E-state index contributed by atoms with van der Waals surface area (Å²) in [5.74, 6) is 0.478. The number of rotatable bonds is 1. The zero-order chi connectivity index (χ0) is 5.28. The minimum absolute atomic E-state index is 0. The highest BCUT2D eigenvalue weighted by molar-refractivity contribution is 5.85. The number of nitrogens with one attached hydrogen (secondary N) is 1. The lowest BCUT2D eigenvalue weighted by Gasteiger charge is -2.23. The summed E-state index contributed by atoms with van der Waals surface area (Å²) in [6.45, 7) is 1.30. The first kappa shape index (κ1) is 7.72. The molecule has 0 atom stereocenters. The number of nitrogens with two attached hydrogens (primary N) is 1. The fourth-order valence-corrected chi connectivity index (χ4v) is 0.415. The topological polar surface area (TPSA) is 59.1 Å². The van der Waals surface area contributed by atoms with Gasteiger partial charge in [0.1, 0.15) is 0 Å². The van der Waals surface area contributed by atoms with Gasteiger partial charge in [-0.1, -0.05) is 0 Å². The van der Waals surface area contributed by atoms with E-state index in [4.69, 9.17) is 15.9 Å². The molecule has 0 radical (unpaired) electrons. The van der Waals surface area contributed by atoms with Gasteiger partial charge in [-0.05, 0) is 0 Å². The third-order valence-corrected chi connectivity index (χ3v) is 1.08. The smallest absolute Gasteiger partial charge is 0.0983 e. The van der Waals surface area contributed by atoms with E-state index in [0.717, 1.165) is 0 Å². The molecule has 0 aromatic rings. The van der Waals surface area contributed by atoms with E-state index < -0.39 is 0 Å². The van der Waals surface area contributed by atoms with Gasteiger partial charge in [-0.3, -0.25) is 5.41 Å². The van der Waals surface area contributed by atoms with E-state index >= 15 is 0 Å². The molecule has 1 fully saturated rings. The highest BCUT2D eigenvalue weighted by atomic mass is 35.5. The van der Waals surface area contributed by atoms with Gasteiger partial charge >= 0.3 is 0 Å². The number of halogens is 1. The van der Waals surface area contributed by atoms with Gasteiger partial charge in [-0.15, -0.1) is 12.4 Å². The van der Waals surface area contributed by atoms with E-state index in [1.54, 1.807) is 0 Å². The van der Waals surface area contributed by atoms with Crippen LogP contribution in [0, 0.1) is 11.3 Å². The van der Waals surface area contributed by atoms with Gasteiger partial charge in [0.25, 0.3) is 0 Å². The Morgan fingerprint density at radius 1 is 1.62 bits per heavy atom. The maximum atomic E-state index is 6.85. The van der Waals surface area contributed by atoms with E-state index in [1.807, 2.05) is 0 Å². The molecule has 0 saturated carbocycles. The fraction of sp³-hybridized carbons (Fsp3) is 0.750. The molecule has 0 spiro atoms. The number of hydrogen-bond donors (Lipinski definition) is 2. The Labute approximate surface area is 54.1 Å². The second-order valence-corrected chi connectivity index (χ2v) is 1.69. The second kappa shape index (κ2) is 2.89. The molecule has 0 unspecified atom stereocenters. The number of ether oxygens (including phenoxy) is 1. The molecule has 1 heterocycles. The van der Waals surface area contributed by atoms with Crippen LogP contribution >= 0.6 is 12.4 Å². The van der Waals surface area contributed by atoms with Crippen LogP contribution in [0.4, 0.5) is 0 Å². The fourth-order valence-electron chi connectivity index (χ4n) is 0.415. The molecule has 0 amide bonds. The van der Waals surface area contributed by atoms with Crippen molar-refractivity contribution in [2.75, 3.05) is 13.2 Å². The van der Waals surface area contributed by atoms with E-state index in [2.05, 4.69) is 0 Å². The molecule has 8 heavy (non-hydrogen) atoms. The first-order valence-corrected chi connectivity index (χ1v) is 2.22. The average Bonchev–Trinajstić information content (AvgIpc) is 1.23. The van der Waals surface area contributed by atoms with Crippen molar-refractivity contribution in [2.45, 2.75) is 0 Å². The Balaban J connectivity index is 0.000000490. The molecule has 3 nitrogen and oxygen atoms in total. The molecule has 4 heteroatoms. The lowest BCUT2D eigenvalue weighted by atomic mass is 10.1. The molecule has 1 saturated heterocycles. The largest absolute Gasteiger partial charge is 0.387 e. The summed E-state index contributed by atoms with van der Waals surface area (Å²) in [6, 6.07) is 0. The van der Waals surface area contributed by atoms with Crippen LogP contribution in [0.1, 0.15) is 0 Å². The van der Waals surface area contributed by atoms with E-state index in [9.17, 15) is 0 Å². The van der Waals surface area contributed by atoms with Gasteiger partial charge in [0, 0.05) is 0 Å². The van der Waals surface area contributed by atoms with Crippen molar-refractivity contribution in [2.24, 2.45) is 11.7 Å². The first-order valence-electron chi connectivity index (χ1n) is 2.22. The second-order valence-electron chi connectivity index (χ2n) is 1.69. The minimum atomic E-state index is 0. The van der Waals surface area contributed by atoms with E-state index in [-0.39, 0.29) is 24.2 Å². The van der Waals surface area contributed by atoms with Crippen LogP contribution in [0.25, 0.3) is 0 Å². The molecule has 0 aliphatic carbocycles. The molecule has 48 valence electrons. The molecular weight excluding hydrogens is 128 g/mol. The van der Waals surface area contributed by atoms with Gasteiger partial charge in [-0.25, -0.2) is 0 Å². The SMILES string of the molecule is Cl.N=C(N)C1COC1. The van der Waals surface area contributed by atoms with Gasteiger partial charge < -0.3 is 10.5 Å². The van der Waals surface area contributed by atoms with Crippen LogP contribution < -0.4 is 5.73 Å². The zero-order valence-corrected chi connectivity index (χ0v) is 5.20. The van der Waals surface area contributed by atoms with Crippen molar-refractivity contribution in [3.8, 4) is 0 Å². The lowest BCUT2D eigenvalue weighted by Crippen LogP contribution is -2.38. The first-order chi connectivity index (χ1) is 3.30.